The Morgan fingerprint density at radius 1 is 0.864 bits per heavy atom. The zero-order chi connectivity index (χ0) is 16.6. The molecule has 0 bridgehead atoms. The number of unbranched alkanes of at least 4 members (excludes halogenated alkanes) is 5. The first-order valence-corrected chi connectivity index (χ1v) is 8.79. The Hall–Kier alpha value is -0.870. The number of aliphatic carboxylic acids is 1. The standard InChI is InChI=1S/C18H34O4/c1-2-3-8-11-16(19)14-15-17(20)12-9-6-4-5-7-10-13-18(21)22/h3,8,16-17,19-20H,2,4-7,9-15H2,1H3,(H,21,22)/b8-3-. The van der Waals surface area contributed by atoms with Crippen molar-refractivity contribution in [3.8, 4) is 0 Å². The Labute approximate surface area is 135 Å². The summed E-state index contributed by atoms with van der Waals surface area (Å²) in [5.74, 6) is -0.713. The van der Waals surface area contributed by atoms with Crippen molar-refractivity contribution in [2.45, 2.75) is 96.2 Å². The second-order valence-electron chi connectivity index (χ2n) is 6.05. The Balaban J connectivity index is 3.37. The molecule has 2 atom stereocenters. The molecular formula is C18H34O4. The van der Waals surface area contributed by atoms with Crippen molar-refractivity contribution in [3.63, 3.8) is 0 Å². The molecule has 0 aliphatic carbocycles. The zero-order valence-electron chi connectivity index (χ0n) is 14.0. The fourth-order valence-electron chi connectivity index (χ4n) is 2.43. The van der Waals surface area contributed by atoms with Gasteiger partial charge in [-0.3, -0.25) is 4.79 Å². The fraction of sp³-hybridized carbons (Fsp3) is 0.833. The van der Waals surface area contributed by atoms with Gasteiger partial charge in [0.2, 0.25) is 0 Å². The highest BCUT2D eigenvalue weighted by Gasteiger charge is 2.08. The van der Waals surface area contributed by atoms with E-state index in [4.69, 9.17) is 5.11 Å². The molecule has 0 rings (SSSR count). The summed E-state index contributed by atoms with van der Waals surface area (Å²) >= 11 is 0. The fourth-order valence-corrected chi connectivity index (χ4v) is 2.43. The molecule has 4 heteroatoms. The maximum absolute atomic E-state index is 10.3. The molecule has 0 fully saturated rings. The van der Waals surface area contributed by atoms with Gasteiger partial charge < -0.3 is 15.3 Å². The second kappa shape index (κ2) is 15.0. The Kier molecular flexibility index (Phi) is 14.4. The van der Waals surface area contributed by atoms with Crippen LogP contribution >= 0.6 is 0 Å². The number of hydrogen-bond acceptors (Lipinski definition) is 3. The SMILES string of the molecule is CC/C=C\CC(O)CCC(O)CCCCCCCCC(=O)O. The number of rotatable bonds is 15. The molecule has 0 radical (unpaired) electrons. The molecule has 0 aromatic heterocycles. The van der Waals surface area contributed by atoms with Crippen molar-refractivity contribution in [1.29, 1.82) is 0 Å². The Bertz CT molecular complexity index is 289. The lowest BCUT2D eigenvalue weighted by atomic mass is 10.0. The van der Waals surface area contributed by atoms with Gasteiger partial charge in [-0.2, -0.15) is 0 Å². The van der Waals surface area contributed by atoms with Crippen LogP contribution in [0.5, 0.6) is 0 Å². The highest BCUT2D eigenvalue weighted by atomic mass is 16.4. The van der Waals surface area contributed by atoms with E-state index in [1.54, 1.807) is 0 Å². The first-order valence-electron chi connectivity index (χ1n) is 8.79. The van der Waals surface area contributed by atoms with Gasteiger partial charge in [-0.25, -0.2) is 0 Å². The molecule has 0 amide bonds. The molecule has 0 aromatic rings. The number of aliphatic hydroxyl groups is 2. The number of carboxylic acids is 1. The number of allylic oxidation sites excluding steroid dienone is 1. The molecule has 0 spiro atoms. The first kappa shape index (κ1) is 21.1. The average Bonchev–Trinajstić information content (AvgIpc) is 2.47. The quantitative estimate of drug-likeness (QED) is 0.315. The van der Waals surface area contributed by atoms with Crippen LogP contribution in [-0.4, -0.2) is 33.5 Å². The van der Waals surface area contributed by atoms with Gasteiger partial charge in [0.25, 0.3) is 0 Å². The van der Waals surface area contributed by atoms with E-state index in [0.29, 0.717) is 19.3 Å². The normalized spacial score (nSPS) is 14.3. The molecule has 3 N–H and O–H groups in total. The molecular weight excluding hydrogens is 280 g/mol. The average molecular weight is 314 g/mol. The van der Waals surface area contributed by atoms with E-state index in [9.17, 15) is 15.0 Å². The Morgan fingerprint density at radius 2 is 1.45 bits per heavy atom. The van der Waals surface area contributed by atoms with Gasteiger partial charge in [-0.1, -0.05) is 51.2 Å². The highest BCUT2D eigenvalue weighted by molar-refractivity contribution is 5.66. The number of carboxylic acid groups (broad SMARTS) is 1. The molecule has 2 unspecified atom stereocenters. The molecule has 0 aromatic carbocycles. The third-order valence-electron chi connectivity index (χ3n) is 3.82. The lowest BCUT2D eigenvalue weighted by molar-refractivity contribution is -0.137. The molecule has 130 valence electrons. The van der Waals surface area contributed by atoms with E-state index >= 15 is 0 Å². The van der Waals surface area contributed by atoms with Crippen LogP contribution in [0.15, 0.2) is 12.2 Å². The highest BCUT2D eigenvalue weighted by Crippen LogP contribution is 2.13. The molecule has 0 aliphatic heterocycles. The van der Waals surface area contributed by atoms with Gasteiger partial charge in [-0.05, 0) is 38.5 Å². The van der Waals surface area contributed by atoms with Crippen LogP contribution in [0.3, 0.4) is 0 Å². The van der Waals surface area contributed by atoms with E-state index in [1.807, 2.05) is 6.08 Å². The predicted octanol–water partition coefficient (Wildman–Crippen LogP) is 4.05. The monoisotopic (exact) mass is 314 g/mol. The van der Waals surface area contributed by atoms with Crippen molar-refractivity contribution >= 4 is 5.97 Å². The van der Waals surface area contributed by atoms with Crippen LogP contribution in [0.2, 0.25) is 0 Å². The lowest BCUT2D eigenvalue weighted by Gasteiger charge is -2.13. The van der Waals surface area contributed by atoms with E-state index in [0.717, 1.165) is 51.4 Å². The van der Waals surface area contributed by atoms with Gasteiger partial charge in [-0.15, -0.1) is 0 Å². The Morgan fingerprint density at radius 3 is 2.09 bits per heavy atom. The van der Waals surface area contributed by atoms with E-state index in [2.05, 4.69) is 13.0 Å². The minimum atomic E-state index is -0.713. The molecule has 22 heavy (non-hydrogen) atoms. The van der Waals surface area contributed by atoms with Crippen molar-refractivity contribution in [2.75, 3.05) is 0 Å². The summed E-state index contributed by atoms with van der Waals surface area (Å²) in [7, 11) is 0. The zero-order valence-corrected chi connectivity index (χ0v) is 14.0. The third kappa shape index (κ3) is 15.5. The molecule has 0 saturated carbocycles. The largest absolute Gasteiger partial charge is 0.481 e. The maximum Gasteiger partial charge on any atom is 0.303 e. The van der Waals surface area contributed by atoms with Crippen LogP contribution in [-0.2, 0) is 4.79 Å². The van der Waals surface area contributed by atoms with Crippen molar-refractivity contribution in [1.82, 2.24) is 0 Å². The van der Waals surface area contributed by atoms with Crippen molar-refractivity contribution in [2.24, 2.45) is 0 Å². The summed E-state index contributed by atoms with van der Waals surface area (Å²) in [6, 6.07) is 0. The van der Waals surface area contributed by atoms with E-state index in [-0.39, 0.29) is 18.6 Å². The predicted molar refractivity (Wildman–Crippen MR) is 89.9 cm³/mol. The second-order valence-corrected chi connectivity index (χ2v) is 6.05. The third-order valence-corrected chi connectivity index (χ3v) is 3.82. The van der Waals surface area contributed by atoms with Crippen LogP contribution in [0.1, 0.15) is 84.0 Å². The van der Waals surface area contributed by atoms with Crippen LogP contribution in [0, 0.1) is 0 Å². The van der Waals surface area contributed by atoms with Gasteiger partial charge in [0.15, 0.2) is 0 Å². The van der Waals surface area contributed by atoms with E-state index < -0.39 is 5.97 Å². The number of carbonyl (C=O) groups is 1. The van der Waals surface area contributed by atoms with Crippen LogP contribution in [0.25, 0.3) is 0 Å². The topological polar surface area (TPSA) is 77.8 Å². The molecule has 0 aliphatic rings. The molecule has 0 heterocycles. The van der Waals surface area contributed by atoms with Gasteiger partial charge in [0.1, 0.15) is 0 Å². The lowest BCUT2D eigenvalue weighted by Crippen LogP contribution is -2.12. The minimum absolute atomic E-state index is 0.272. The minimum Gasteiger partial charge on any atom is -0.481 e. The smallest absolute Gasteiger partial charge is 0.303 e. The number of aliphatic hydroxyl groups excluding tert-OH is 2. The molecule has 4 nitrogen and oxygen atoms in total. The summed E-state index contributed by atoms with van der Waals surface area (Å²) in [6.07, 6.45) is 13.5. The van der Waals surface area contributed by atoms with Crippen molar-refractivity contribution < 1.29 is 20.1 Å². The van der Waals surface area contributed by atoms with Gasteiger partial charge in [0.05, 0.1) is 12.2 Å². The van der Waals surface area contributed by atoms with Crippen LogP contribution < -0.4 is 0 Å². The first-order chi connectivity index (χ1) is 10.6. The number of hydrogen-bond donors (Lipinski definition) is 3. The summed E-state index contributed by atoms with van der Waals surface area (Å²) in [5, 5.41) is 28.1. The summed E-state index contributed by atoms with van der Waals surface area (Å²) < 4.78 is 0. The van der Waals surface area contributed by atoms with Gasteiger partial charge in [0, 0.05) is 6.42 Å². The summed E-state index contributed by atoms with van der Waals surface area (Å²) in [5.41, 5.74) is 0. The van der Waals surface area contributed by atoms with Gasteiger partial charge >= 0.3 is 5.97 Å². The van der Waals surface area contributed by atoms with Crippen LogP contribution in [0.4, 0.5) is 0 Å². The summed E-state index contributed by atoms with van der Waals surface area (Å²) in [6.45, 7) is 2.07. The summed E-state index contributed by atoms with van der Waals surface area (Å²) in [4.78, 5) is 10.3. The molecule has 0 saturated heterocycles. The van der Waals surface area contributed by atoms with E-state index in [1.165, 1.54) is 0 Å². The van der Waals surface area contributed by atoms with Crippen molar-refractivity contribution in [3.05, 3.63) is 12.2 Å². The maximum atomic E-state index is 10.3.